The Bertz CT molecular complexity index is 748. The van der Waals surface area contributed by atoms with E-state index in [9.17, 15) is 4.79 Å². The van der Waals surface area contributed by atoms with Crippen LogP contribution in [-0.4, -0.2) is 5.91 Å². The van der Waals surface area contributed by atoms with Crippen LogP contribution in [0.3, 0.4) is 0 Å². The molecule has 0 saturated carbocycles. The van der Waals surface area contributed by atoms with Gasteiger partial charge in [0.25, 0.3) is 0 Å². The standard InChI is InChI=1S/C20H16INO/c21-17-12-7-13-18(14-17)22-20(23)19(15-8-3-1-4-9-15)16-10-5-2-6-11-16/h1-14,19H,(H,22,23). The highest BCUT2D eigenvalue weighted by Gasteiger charge is 2.22. The van der Waals surface area contributed by atoms with E-state index < -0.39 is 0 Å². The minimum absolute atomic E-state index is 0.0237. The van der Waals surface area contributed by atoms with Gasteiger partial charge in [-0.3, -0.25) is 4.79 Å². The summed E-state index contributed by atoms with van der Waals surface area (Å²) in [6, 6.07) is 27.6. The summed E-state index contributed by atoms with van der Waals surface area (Å²) in [6.07, 6.45) is 0. The highest BCUT2D eigenvalue weighted by Crippen LogP contribution is 2.26. The fourth-order valence-corrected chi connectivity index (χ4v) is 3.11. The maximum absolute atomic E-state index is 12.9. The van der Waals surface area contributed by atoms with Gasteiger partial charge in [0, 0.05) is 9.26 Å². The predicted octanol–water partition coefficient (Wildman–Crippen LogP) is 5.06. The van der Waals surface area contributed by atoms with Gasteiger partial charge in [-0.2, -0.15) is 0 Å². The van der Waals surface area contributed by atoms with E-state index in [-0.39, 0.29) is 11.8 Å². The normalized spacial score (nSPS) is 10.5. The van der Waals surface area contributed by atoms with Crippen molar-refractivity contribution in [2.75, 3.05) is 5.32 Å². The van der Waals surface area contributed by atoms with Crippen LogP contribution >= 0.6 is 22.6 Å². The van der Waals surface area contributed by atoms with Crippen LogP contribution in [0.15, 0.2) is 84.9 Å². The largest absolute Gasteiger partial charge is 0.325 e. The molecule has 3 aromatic carbocycles. The van der Waals surface area contributed by atoms with Gasteiger partial charge in [-0.1, -0.05) is 66.7 Å². The van der Waals surface area contributed by atoms with Crippen molar-refractivity contribution in [2.24, 2.45) is 0 Å². The Kier molecular flexibility index (Phi) is 5.08. The second-order valence-corrected chi connectivity index (χ2v) is 6.50. The van der Waals surface area contributed by atoms with Crippen molar-refractivity contribution in [3.63, 3.8) is 0 Å². The van der Waals surface area contributed by atoms with Gasteiger partial charge in [-0.15, -0.1) is 0 Å². The highest BCUT2D eigenvalue weighted by atomic mass is 127. The fourth-order valence-electron chi connectivity index (χ4n) is 2.57. The van der Waals surface area contributed by atoms with Crippen molar-refractivity contribution in [3.8, 4) is 0 Å². The number of hydrogen-bond acceptors (Lipinski definition) is 1. The van der Waals surface area contributed by atoms with E-state index in [4.69, 9.17) is 0 Å². The predicted molar refractivity (Wildman–Crippen MR) is 103 cm³/mol. The molecule has 0 heterocycles. The Morgan fingerprint density at radius 1 is 0.783 bits per heavy atom. The Morgan fingerprint density at radius 2 is 1.35 bits per heavy atom. The van der Waals surface area contributed by atoms with Gasteiger partial charge in [0.05, 0.1) is 5.92 Å². The molecule has 0 bridgehead atoms. The number of halogens is 1. The molecule has 0 aliphatic rings. The van der Waals surface area contributed by atoms with E-state index in [1.807, 2.05) is 84.9 Å². The van der Waals surface area contributed by atoms with Crippen molar-refractivity contribution in [1.82, 2.24) is 0 Å². The third-order valence-electron chi connectivity index (χ3n) is 3.62. The first kappa shape index (κ1) is 15.7. The Balaban J connectivity index is 1.94. The first-order chi connectivity index (χ1) is 11.2. The lowest BCUT2D eigenvalue weighted by Gasteiger charge is -2.18. The first-order valence-electron chi connectivity index (χ1n) is 7.40. The summed E-state index contributed by atoms with van der Waals surface area (Å²) in [6.45, 7) is 0. The molecule has 1 N–H and O–H groups in total. The van der Waals surface area contributed by atoms with E-state index in [1.54, 1.807) is 0 Å². The summed E-state index contributed by atoms with van der Waals surface area (Å²) in [7, 11) is 0. The molecule has 3 aromatic rings. The molecule has 0 radical (unpaired) electrons. The molecule has 0 atom stereocenters. The molecule has 0 fully saturated rings. The summed E-state index contributed by atoms with van der Waals surface area (Å²) in [4.78, 5) is 12.9. The summed E-state index contributed by atoms with van der Waals surface area (Å²) in [5, 5.41) is 3.04. The zero-order chi connectivity index (χ0) is 16.1. The number of carbonyl (C=O) groups excluding carboxylic acids is 1. The van der Waals surface area contributed by atoms with Gasteiger partial charge in [-0.25, -0.2) is 0 Å². The van der Waals surface area contributed by atoms with Crippen LogP contribution in [0.1, 0.15) is 17.0 Å². The second-order valence-electron chi connectivity index (χ2n) is 5.25. The molecule has 1 amide bonds. The van der Waals surface area contributed by atoms with Crippen LogP contribution in [0.25, 0.3) is 0 Å². The Hall–Kier alpha value is -2.14. The molecule has 0 unspecified atom stereocenters. The van der Waals surface area contributed by atoms with E-state index in [2.05, 4.69) is 27.9 Å². The van der Waals surface area contributed by atoms with Crippen molar-refractivity contribution in [2.45, 2.75) is 5.92 Å². The van der Waals surface area contributed by atoms with Crippen LogP contribution in [0.5, 0.6) is 0 Å². The SMILES string of the molecule is O=C(Nc1cccc(I)c1)C(c1ccccc1)c1ccccc1. The van der Waals surface area contributed by atoms with Crippen LogP contribution in [-0.2, 0) is 4.79 Å². The summed E-state index contributed by atoms with van der Waals surface area (Å²) >= 11 is 2.24. The first-order valence-corrected chi connectivity index (χ1v) is 8.48. The van der Waals surface area contributed by atoms with E-state index in [0.29, 0.717) is 0 Å². The number of hydrogen-bond donors (Lipinski definition) is 1. The van der Waals surface area contributed by atoms with Crippen molar-refractivity contribution in [3.05, 3.63) is 99.6 Å². The molecule has 23 heavy (non-hydrogen) atoms. The molecule has 0 aliphatic heterocycles. The molecule has 0 saturated heterocycles. The van der Waals surface area contributed by atoms with Gasteiger partial charge in [0.15, 0.2) is 0 Å². The lowest BCUT2D eigenvalue weighted by atomic mass is 9.90. The van der Waals surface area contributed by atoms with Crippen LogP contribution in [0.2, 0.25) is 0 Å². The smallest absolute Gasteiger partial charge is 0.236 e. The molecular weight excluding hydrogens is 397 g/mol. The van der Waals surface area contributed by atoms with E-state index in [0.717, 1.165) is 20.4 Å². The van der Waals surface area contributed by atoms with Crippen LogP contribution in [0, 0.1) is 3.57 Å². The van der Waals surface area contributed by atoms with Gasteiger partial charge < -0.3 is 5.32 Å². The van der Waals surface area contributed by atoms with E-state index in [1.165, 1.54) is 0 Å². The molecule has 0 spiro atoms. The number of amides is 1. The summed E-state index contributed by atoms with van der Waals surface area (Å²) < 4.78 is 1.09. The van der Waals surface area contributed by atoms with Crippen molar-refractivity contribution < 1.29 is 4.79 Å². The zero-order valence-electron chi connectivity index (χ0n) is 12.4. The summed E-state index contributed by atoms with van der Waals surface area (Å²) in [5.41, 5.74) is 2.79. The molecule has 0 aliphatic carbocycles. The second kappa shape index (κ2) is 7.42. The number of benzene rings is 3. The van der Waals surface area contributed by atoms with Crippen LogP contribution in [0.4, 0.5) is 5.69 Å². The quantitative estimate of drug-likeness (QED) is 0.596. The maximum atomic E-state index is 12.9. The topological polar surface area (TPSA) is 29.1 Å². The molecule has 3 heteroatoms. The van der Waals surface area contributed by atoms with Crippen molar-refractivity contribution >= 4 is 34.2 Å². The average Bonchev–Trinajstić information content (AvgIpc) is 2.57. The highest BCUT2D eigenvalue weighted by molar-refractivity contribution is 14.1. The fraction of sp³-hybridized carbons (Fsp3) is 0.0500. The number of rotatable bonds is 4. The zero-order valence-corrected chi connectivity index (χ0v) is 14.6. The lowest BCUT2D eigenvalue weighted by molar-refractivity contribution is -0.116. The van der Waals surface area contributed by atoms with Gasteiger partial charge in [0.2, 0.25) is 5.91 Å². The molecular formula is C20H16INO. The molecule has 3 rings (SSSR count). The third-order valence-corrected chi connectivity index (χ3v) is 4.29. The van der Waals surface area contributed by atoms with Gasteiger partial charge >= 0.3 is 0 Å². The van der Waals surface area contributed by atoms with Gasteiger partial charge in [-0.05, 0) is 51.9 Å². The summed E-state index contributed by atoms with van der Waals surface area (Å²) in [5.74, 6) is -0.348. The molecule has 2 nitrogen and oxygen atoms in total. The maximum Gasteiger partial charge on any atom is 0.236 e. The average molecular weight is 413 g/mol. The molecule has 0 aromatic heterocycles. The monoisotopic (exact) mass is 413 g/mol. The Labute approximate surface area is 149 Å². The minimum Gasteiger partial charge on any atom is -0.325 e. The third kappa shape index (κ3) is 3.99. The van der Waals surface area contributed by atoms with E-state index >= 15 is 0 Å². The van der Waals surface area contributed by atoms with Crippen LogP contribution < -0.4 is 5.32 Å². The number of anilines is 1. The number of carbonyl (C=O) groups is 1. The number of nitrogens with one attached hydrogen (secondary N) is 1. The Morgan fingerprint density at radius 3 is 1.87 bits per heavy atom. The van der Waals surface area contributed by atoms with Crippen molar-refractivity contribution in [1.29, 1.82) is 0 Å². The lowest BCUT2D eigenvalue weighted by Crippen LogP contribution is -2.22. The van der Waals surface area contributed by atoms with Gasteiger partial charge in [0.1, 0.15) is 0 Å². The minimum atomic E-state index is -0.324. The molecule has 114 valence electrons.